The van der Waals surface area contributed by atoms with Crippen LogP contribution in [-0.2, 0) is 16.6 Å². The first-order chi connectivity index (χ1) is 10.0. The molecule has 3 heteroatoms. The molecule has 21 heavy (non-hydrogen) atoms. The highest BCUT2D eigenvalue weighted by molar-refractivity contribution is 7.84. The highest BCUT2D eigenvalue weighted by Crippen LogP contribution is 2.33. The van der Waals surface area contributed by atoms with Gasteiger partial charge in [-0.3, -0.25) is 4.21 Å². The number of nitrogens with one attached hydrogen (secondary N) is 1. The quantitative estimate of drug-likeness (QED) is 0.899. The lowest BCUT2D eigenvalue weighted by atomic mass is 9.80. The number of hydrogen-bond acceptors (Lipinski definition) is 2. The first-order valence-corrected chi connectivity index (χ1v) is 9.55. The molecule has 1 saturated carbocycles. The monoisotopic (exact) mass is 307 g/mol. The zero-order valence-corrected chi connectivity index (χ0v) is 14.6. The van der Waals surface area contributed by atoms with E-state index in [2.05, 4.69) is 57.3 Å². The van der Waals surface area contributed by atoms with Crippen LogP contribution in [0.5, 0.6) is 0 Å². The Bertz CT molecular complexity index is 488. The second kappa shape index (κ2) is 7.55. The van der Waals surface area contributed by atoms with Crippen molar-refractivity contribution in [2.45, 2.75) is 57.6 Å². The Labute approximate surface area is 132 Å². The van der Waals surface area contributed by atoms with Gasteiger partial charge in [0.05, 0.1) is 5.25 Å². The van der Waals surface area contributed by atoms with Crippen LogP contribution in [0.2, 0.25) is 0 Å². The predicted octanol–water partition coefficient (Wildman–Crippen LogP) is 3.66. The zero-order chi connectivity index (χ0) is 15.4. The van der Waals surface area contributed by atoms with E-state index in [4.69, 9.17) is 0 Å². The Morgan fingerprint density at radius 1 is 1.29 bits per heavy atom. The van der Waals surface area contributed by atoms with Crippen molar-refractivity contribution in [3.63, 3.8) is 0 Å². The van der Waals surface area contributed by atoms with Crippen LogP contribution < -0.4 is 5.32 Å². The summed E-state index contributed by atoms with van der Waals surface area (Å²) < 4.78 is 13.0. The molecule has 5 unspecified atom stereocenters. The third kappa shape index (κ3) is 4.40. The molecule has 0 amide bonds. The predicted molar refractivity (Wildman–Crippen MR) is 91.8 cm³/mol. The summed E-state index contributed by atoms with van der Waals surface area (Å²) in [7, 11) is -0.805. The Kier molecular flexibility index (Phi) is 6.00. The summed E-state index contributed by atoms with van der Waals surface area (Å²) in [6.45, 7) is 9.80. The Morgan fingerprint density at radius 3 is 2.71 bits per heavy atom. The molecule has 1 aliphatic rings. The molecule has 1 fully saturated rings. The molecule has 0 saturated heterocycles. The van der Waals surface area contributed by atoms with E-state index in [1.54, 1.807) is 0 Å². The summed E-state index contributed by atoms with van der Waals surface area (Å²) >= 11 is 0. The van der Waals surface area contributed by atoms with Crippen molar-refractivity contribution in [1.82, 2.24) is 5.32 Å². The van der Waals surface area contributed by atoms with Gasteiger partial charge in [-0.15, -0.1) is 0 Å². The molecule has 0 aromatic heterocycles. The fraction of sp³-hybridized carbons (Fsp3) is 0.667. The Morgan fingerprint density at radius 2 is 2.05 bits per heavy atom. The van der Waals surface area contributed by atoms with Gasteiger partial charge in [-0.1, -0.05) is 50.6 Å². The number of benzene rings is 1. The van der Waals surface area contributed by atoms with E-state index in [9.17, 15) is 4.21 Å². The molecule has 0 bridgehead atoms. The fourth-order valence-corrected chi connectivity index (χ4v) is 5.70. The summed E-state index contributed by atoms with van der Waals surface area (Å²) in [6.07, 6.45) is 2.36. The molecule has 0 spiro atoms. The largest absolute Gasteiger partial charge is 0.313 e. The molecule has 0 heterocycles. The third-order valence-corrected chi connectivity index (χ3v) is 6.57. The number of rotatable bonds is 5. The van der Waals surface area contributed by atoms with E-state index in [0.717, 1.165) is 18.9 Å². The molecule has 1 N–H and O–H groups in total. The van der Waals surface area contributed by atoms with E-state index < -0.39 is 10.8 Å². The van der Waals surface area contributed by atoms with Crippen LogP contribution in [-0.4, -0.2) is 22.0 Å². The topological polar surface area (TPSA) is 29.1 Å². The molecule has 118 valence electrons. The maximum Gasteiger partial charge on any atom is 0.0530 e. The summed E-state index contributed by atoms with van der Waals surface area (Å²) in [5.74, 6) is 1.95. The molecular formula is C18H29NOS. The second-order valence-corrected chi connectivity index (χ2v) is 8.29. The van der Waals surface area contributed by atoms with E-state index in [0.29, 0.717) is 17.7 Å². The standard InChI is InChI=1S/C18H29NOS/c1-5-19-17-11-14(3)9-15(4)18(17)21(20)12-16-8-6-7-13(2)10-16/h6-8,10,14-15,17-19H,5,9,11-12H2,1-4H3. The van der Waals surface area contributed by atoms with Crippen LogP contribution in [0.25, 0.3) is 0 Å². The van der Waals surface area contributed by atoms with E-state index >= 15 is 0 Å². The van der Waals surface area contributed by atoms with Crippen molar-refractivity contribution in [3.8, 4) is 0 Å². The highest BCUT2D eigenvalue weighted by atomic mass is 32.2. The van der Waals surface area contributed by atoms with Crippen molar-refractivity contribution < 1.29 is 4.21 Å². The van der Waals surface area contributed by atoms with E-state index in [-0.39, 0.29) is 5.25 Å². The van der Waals surface area contributed by atoms with Crippen molar-refractivity contribution in [3.05, 3.63) is 35.4 Å². The first kappa shape index (κ1) is 16.7. The van der Waals surface area contributed by atoms with Crippen LogP contribution in [0, 0.1) is 18.8 Å². The van der Waals surface area contributed by atoms with Gasteiger partial charge < -0.3 is 5.32 Å². The smallest absolute Gasteiger partial charge is 0.0530 e. The highest BCUT2D eigenvalue weighted by Gasteiger charge is 2.37. The van der Waals surface area contributed by atoms with Gasteiger partial charge in [0, 0.05) is 22.6 Å². The fourth-order valence-electron chi connectivity index (χ4n) is 3.80. The second-order valence-electron chi connectivity index (χ2n) is 6.70. The minimum Gasteiger partial charge on any atom is -0.313 e. The normalized spacial score (nSPS) is 31.0. The molecule has 0 aliphatic heterocycles. The van der Waals surface area contributed by atoms with Gasteiger partial charge >= 0.3 is 0 Å². The molecular weight excluding hydrogens is 278 g/mol. The summed E-state index contributed by atoms with van der Waals surface area (Å²) in [5.41, 5.74) is 2.45. The van der Waals surface area contributed by atoms with Crippen molar-refractivity contribution in [1.29, 1.82) is 0 Å². The van der Waals surface area contributed by atoms with Gasteiger partial charge in [0.25, 0.3) is 0 Å². The van der Waals surface area contributed by atoms with Crippen LogP contribution in [0.3, 0.4) is 0 Å². The third-order valence-electron chi connectivity index (χ3n) is 4.55. The van der Waals surface area contributed by atoms with Gasteiger partial charge in [-0.25, -0.2) is 0 Å². The molecule has 1 aliphatic carbocycles. The lowest BCUT2D eigenvalue weighted by Crippen LogP contribution is -2.50. The van der Waals surface area contributed by atoms with Crippen molar-refractivity contribution in [2.24, 2.45) is 11.8 Å². The SMILES string of the molecule is CCNC1CC(C)CC(C)C1S(=O)Cc1cccc(C)c1. The molecule has 1 aromatic rings. The van der Waals surface area contributed by atoms with Gasteiger partial charge in [-0.05, 0) is 43.7 Å². The summed E-state index contributed by atoms with van der Waals surface area (Å²) in [6, 6.07) is 8.83. The lowest BCUT2D eigenvalue weighted by molar-refractivity contribution is 0.248. The molecule has 0 radical (unpaired) electrons. The average molecular weight is 308 g/mol. The average Bonchev–Trinajstić information content (AvgIpc) is 2.38. The molecule has 2 rings (SSSR count). The minimum absolute atomic E-state index is 0.279. The van der Waals surface area contributed by atoms with Crippen LogP contribution >= 0.6 is 0 Å². The van der Waals surface area contributed by atoms with Crippen LogP contribution in [0.4, 0.5) is 0 Å². The van der Waals surface area contributed by atoms with Gasteiger partial charge in [0.2, 0.25) is 0 Å². The Balaban J connectivity index is 2.11. The summed E-state index contributed by atoms with van der Waals surface area (Å²) in [4.78, 5) is 0. The zero-order valence-electron chi connectivity index (χ0n) is 13.8. The maximum absolute atomic E-state index is 13.0. The first-order valence-electron chi connectivity index (χ1n) is 8.17. The van der Waals surface area contributed by atoms with Crippen LogP contribution in [0.15, 0.2) is 24.3 Å². The van der Waals surface area contributed by atoms with Gasteiger partial charge in [0.15, 0.2) is 0 Å². The lowest BCUT2D eigenvalue weighted by Gasteiger charge is -2.39. The number of hydrogen-bond donors (Lipinski definition) is 1. The Hall–Kier alpha value is -0.670. The van der Waals surface area contributed by atoms with Crippen molar-refractivity contribution in [2.75, 3.05) is 6.54 Å². The molecule has 1 aromatic carbocycles. The van der Waals surface area contributed by atoms with Crippen molar-refractivity contribution >= 4 is 10.8 Å². The molecule has 2 nitrogen and oxygen atoms in total. The van der Waals surface area contributed by atoms with Crippen LogP contribution in [0.1, 0.15) is 44.7 Å². The summed E-state index contributed by atoms with van der Waals surface area (Å²) in [5, 5.41) is 3.86. The van der Waals surface area contributed by atoms with E-state index in [1.165, 1.54) is 17.5 Å². The number of aryl methyl sites for hydroxylation is 1. The van der Waals surface area contributed by atoms with Gasteiger partial charge in [0.1, 0.15) is 0 Å². The van der Waals surface area contributed by atoms with Gasteiger partial charge in [-0.2, -0.15) is 0 Å². The minimum atomic E-state index is -0.805. The molecule has 5 atom stereocenters. The van der Waals surface area contributed by atoms with E-state index in [1.807, 2.05) is 0 Å². The maximum atomic E-state index is 13.0.